The number of nitrogens with one attached hydrogen (secondary N) is 2. The summed E-state index contributed by atoms with van der Waals surface area (Å²) < 4.78 is 60.9. The van der Waals surface area contributed by atoms with Gasteiger partial charge >= 0.3 is 0 Å². The van der Waals surface area contributed by atoms with E-state index in [9.17, 15) is 4.79 Å². The summed E-state index contributed by atoms with van der Waals surface area (Å²) in [6.45, 7) is -2.42. The molecule has 2 N–H and O–H groups in total. The van der Waals surface area contributed by atoms with E-state index in [0.29, 0.717) is 48.6 Å². The molecule has 35 heavy (non-hydrogen) atoms. The van der Waals surface area contributed by atoms with Gasteiger partial charge in [0.1, 0.15) is 5.52 Å². The fourth-order valence-electron chi connectivity index (χ4n) is 4.10. The molecule has 2 atom stereocenters. The van der Waals surface area contributed by atoms with Crippen molar-refractivity contribution in [1.29, 1.82) is 0 Å². The van der Waals surface area contributed by atoms with E-state index in [0.717, 1.165) is 0 Å². The lowest BCUT2D eigenvalue weighted by molar-refractivity contribution is -0.117. The number of ether oxygens (including phenoxy) is 1. The van der Waals surface area contributed by atoms with Crippen molar-refractivity contribution in [3.63, 3.8) is 0 Å². The monoisotopic (exact) mass is 480 g/mol. The van der Waals surface area contributed by atoms with Gasteiger partial charge in [-0.25, -0.2) is 14.5 Å². The second kappa shape index (κ2) is 8.73. The SMILES string of the molecule is [2H]c1c(N2CCOCC2)ccc2nc(-c3cnc(NCC([2H])([2H])[2H])c4nnc(NC(=O)[C@H]5C[C@H]5C([2H])([2H])[2H])cc34)nn12. The molecule has 1 amide bonds. The Morgan fingerprint density at radius 3 is 3.06 bits per heavy atom. The average Bonchev–Trinajstić information content (AvgIpc) is 3.65. The number of carbonyl (C=O) groups excluding carboxylic acids is 1. The standard InChI is InChI=1S/C24H27N9O2/c1-3-25-23-21-17(11-19(29-30-21)27-24(34)16-10-14(16)2)18(12-26-23)22-28-20-5-4-15(13-33(20)31-22)32-6-8-35-9-7-32/h4-5,11-14,16H,3,6-10H2,1-2H3,(H,25,26)(H,27,29,34)/t14-,16+/m1/s1/i1D3,2D3,13D. The van der Waals surface area contributed by atoms with Crippen LogP contribution in [-0.2, 0) is 9.53 Å². The first kappa shape index (κ1) is 15.2. The third-order valence-electron chi connectivity index (χ3n) is 6.10. The van der Waals surface area contributed by atoms with Gasteiger partial charge < -0.3 is 20.3 Å². The number of carbonyl (C=O) groups is 1. The molecule has 180 valence electrons. The average molecular weight is 481 g/mol. The molecule has 2 fully saturated rings. The van der Waals surface area contributed by atoms with Crippen molar-refractivity contribution >= 4 is 39.8 Å². The van der Waals surface area contributed by atoms with Crippen LogP contribution >= 0.6 is 0 Å². The highest BCUT2D eigenvalue weighted by molar-refractivity contribution is 6.01. The van der Waals surface area contributed by atoms with E-state index in [1.54, 1.807) is 6.07 Å². The molecule has 11 heteroatoms. The fraction of sp³-hybridized carbons (Fsp3) is 0.417. The molecule has 0 aromatic carbocycles. The molecular formula is C24H27N9O2. The highest BCUT2D eigenvalue weighted by Crippen LogP contribution is 2.38. The van der Waals surface area contributed by atoms with Crippen molar-refractivity contribution < 1.29 is 19.1 Å². The topological polar surface area (TPSA) is 122 Å². The van der Waals surface area contributed by atoms with Crippen LogP contribution in [0.2, 0.25) is 0 Å². The van der Waals surface area contributed by atoms with Crippen LogP contribution in [0.25, 0.3) is 27.9 Å². The van der Waals surface area contributed by atoms with Gasteiger partial charge in [0.2, 0.25) is 5.91 Å². The highest BCUT2D eigenvalue weighted by Gasteiger charge is 2.39. The number of pyridine rings is 2. The highest BCUT2D eigenvalue weighted by atomic mass is 16.5. The second-order valence-corrected chi connectivity index (χ2v) is 8.44. The van der Waals surface area contributed by atoms with Crippen LogP contribution in [0.3, 0.4) is 0 Å². The minimum absolute atomic E-state index is 0.0810. The molecule has 5 heterocycles. The third kappa shape index (κ3) is 4.12. The molecule has 1 aliphatic heterocycles. The predicted octanol–water partition coefficient (Wildman–Crippen LogP) is 2.60. The Labute approximate surface area is 211 Å². The number of anilines is 3. The summed E-state index contributed by atoms with van der Waals surface area (Å²) in [4.78, 5) is 23.8. The van der Waals surface area contributed by atoms with Crippen LogP contribution in [0.15, 0.2) is 30.6 Å². The molecule has 6 rings (SSSR count). The smallest absolute Gasteiger partial charge is 0.228 e. The van der Waals surface area contributed by atoms with Crippen molar-refractivity contribution in [1.82, 2.24) is 29.8 Å². The largest absolute Gasteiger partial charge is 0.378 e. The van der Waals surface area contributed by atoms with Crippen LogP contribution in [-0.4, -0.2) is 68.5 Å². The van der Waals surface area contributed by atoms with Crippen molar-refractivity contribution in [3.8, 4) is 11.4 Å². The Morgan fingerprint density at radius 2 is 2.23 bits per heavy atom. The zero-order chi connectivity index (χ0) is 29.8. The predicted molar refractivity (Wildman–Crippen MR) is 132 cm³/mol. The zero-order valence-electron chi connectivity index (χ0n) is 25.7. The number of nitrogens with zero attached hydrogens (tertiary/aromatic N) is 7. The zero-order valence-corrected chi connectivity index (χ0v) is 18.7. The lowest BCUT2D eigenvalue weighted by atomic mass is 10.1. The quantitative estimate of drug-likeness (QED) is 0.429. The number of fused-ring (bicyclic) bond motifs is 2. The second-order valence-electron chi connectivity index (χ2n) is 8.44. The maximum Gasteiger partial charge on any atom is 0.228 e. The molecule has 11 nitrogen and oxygen atoms in total. The van der Waals surface area contributed by atoms with E-state index < -0.39 is 31.4 Å². The van der Waals surface area contributed by atoms with E-state index in [1.165, 1.54) is 16.8 Å². The van der Waals surface area contributed by atoms with Crippen LogP contribution in [0.5, 0.6) is 0 Å². The van der Waals surface area contributed by atoms with E-state index in [-0.39, 0.29) is 42.1 Å². The van der Waals surface area contributed by atoms with Crippen LogP contribution in [0, 0.1) is 11.8 Å². The minimum atomic E-state index is -2.27. The van der Waals surface area contributed by atoms with Crippen LogP contribution in [0.4, 0.5) is 17.3 Å². The first-order valence-electron chi connectivity index (χ1n) is 14.8. The van der Waals surface area contributed by atoms with Gasteiger partial charge in [-0.3, -0.25) is 4.79 Å². The van der Waals surface area contributed by atoms with Crippen molar-refractivity contribution in [2.75, 3.05) is 48.4 Å². The summed E-state index contributed by atoms with van der Waals surface area (Å²) in [6, 6.07) is 5.13. The number of morpholine rings is 1. The lowest BCUT2D eigenvalue weighted by Crippen LogP contribution is -2.36. The van der Waals surface area contributed by atoms with Crippen molar-refractivity contribution in [3.05, 3.63) is 30.6 Å². The maximum atomic E-state index is 12.7. The Balaban J connectivity index is 1.39. The van der Waals surface area contributed by atoms with Crippen molar-refractivity contribution in [2.45, 2.75) is 20.1 Å². The first-order valence-corrected chi connectivity index (χ1v) is 11.3. The van der Waals surface area contributed by atoms with Gasteiger partial charge in [0.05, 0.1) is 26.4 Å². The first-order chi connectivity index (χ1) is 19.9. The molecule has 4 aromatic rings. The Bertz CT molecular complexity index is 1670. The minimum Gasteiger partial charge on any atom is -0.378 e. The molecule has 0 radical (unpaired) electrons. The summed E-state index contributed by atoms with van der Waals surface area (Å²) in [5.74, 6) is -1.35. The normalized spacial score (nSPS) is 23.4. The molecule has 2 aliphatic rings. The molecule has 0 bridgehead atoms. The van der Waals surface area contributed by atoms with Crippen LogP contribution in [0.1, 0.15) is 29.7 Å². The molecule has 1 aliphatic carbocycles. The summed E-state index contributed by atoms with van der Waals surface area (Å²) in [7, 11) is 0. The van der Waals surface area contributed by atoms with E-state index in [4.69, 9.17) is 14.3 Å². The number of hydrogen-bond acceptors (Lipinski definition) is 9. The van der Waals surface area contributed by atoms with Gasteiger partial charge in [0.25, 0.3) is 0 Å². The Kier molecular flexibility index (Phi) is 3.79. The maximum absolute atomic E-state index is 12.7. The van der Waals surface area contributed by atoms with Gasteiger partial charge in [-0.2, -0.15) is 0 Å². The van der Waals surface area contributed by atoms with Gasteiger partial charge in [0, 0.05) is 50.9 Å². The summed E-state index contributed by atoms with van der Waals surface area (Å²) in [5, 5.41) is 18.7. The number of hydrogen-bond donors (Lipinski definition) is 2. The molecule has 4 aromatic heterocycles. The van der Waals surface area contributed by atoms with Gasteiger partial charge in [-0.1, -0.05) is 6.85 Å². The Hall–Kier alpha value is -3.86. The third-order valence-corrected chi connectivity index (χ3v) is 6.10. The lowest BCUT2D eigenvalue weighted by Gasteiger charge is -2.28. The molecule has 1 saturated carbocycles. The summed E-state index contributed by atoms with van der Waals surface area (Å²) in [5.41, 5.74) is 1.77. The van der Waals surface area contributed by atoms with Gasteiger partial charge in [0.15, 0.2) is 23.1 Å². The molecule has 0 unspecified atom stereocenters. The number of amides is 1. The fourth-order valence-corrected chi connectivity index (χ4v) is 4.10. The summed E-state index contributed by atoms with van der Waals surface area (Å²) in [6.07, 6.45) is 1.88. The van der Waals surface area contributed by atoms with Gasteiger partial charge in [-0.15, -0.1) is 15.3 Å². The van der Waals surface area contributed by atoms with Crippen LogP contribution < -0.4 is 15.5 Å². The Morgan fingerprint density at radius 1 is 1.31 bits per heavy atom. The van der Waals surface area contributed by atoms with E-state index >= 15 is 0 Å². The molecule has 1 saturated heterocycles. The van der Waals surface area contributed by atoms with E-state index in [2.05, 4.69) is 40.8 Å². The number of rotatable bonds is 6. The van der Waals surface area contributed by atoms with Gasteiger partial charge in [-0.05, 0) is 37.4 Å². The molecular weight excluding hydrogens is 446 g/mol. The van der Waals surface area contributed by atoms with Crippen molar-refractivity contribution in [2.24, 2.45) is 11.8 Å². The van der Waals surface area contributed by atoms with E-state index in [1.807, 2.05) is 6.07 Å². The number of aromatic nitrogens is 6. The summed E-state index contributed by atoms with van der Waals surface area (Å²) >= 11 is 0. The molecule has 0 spiro atoms.